The van der Waals surface area contributed by atoms with Crippen molar-refractivity contribution >= 4 is 0 Å². The predicted octanol–water partition coefficient (Wildman–Crippen LogP) is 2.77. The second-order valence-corrected chi connectivity index (χ2v) is 5.27. The molecule has 2 aliphatic carbocycles. The third-order valence-electron chi connectivity index (χ3n) is 4.45. The Balaban J connectivity index is 1.95. The first-order valence-corrected chi connectivity index (χ1v) is 6.14. The van der Waals surface area contributed by atoms with Crippen LogP contribution in [-0.4, -0.2) is 6.04 Å². The zero-order chi connectivity index (χ0) is 10.3. The van der Waals surface area contributed by atoms with Gasteiger partial charge in [-0.15, -0.1) is 0 Å². The molecule has 0 aromatic heterocycles. The number of rotatable bonds is 0. The van der Waals surface area contributed by atoms with Crippen molar-refractivity contribution in [3.63, 3.8) is 0 Å². The van der Waals surface area contributed by atoms with E-state index in [4.69, 9.17) is 5.73 Å². The smallest absolute Gasteiger partial charge is 0.00394 e. The molecular weight excluding hydrogens is 182 g/mol. The maximum Gasteiger partial charge on any atom is 0.00394 e. The number of fused-ring (bicyclic) bond motifs is 2. The lowest BCUT2D eigenvalue weighted by Gasteiger charge is -2.37. The van der Waals surface area contributed by atoms with Gasteiger partial charge in [0.15, 0.2) is 0 Å². The fourth-order valence-corrected chi connectivity index (χ4v) is 3.48. The molecule has 2 aliphatic rings. The fourth-order valence-electron chi connectivity index (χ4n) is 3.48. The van der Waals surface area contributed by atoms with Gasteiger partial charge in [-0.2, -0.15) is 0 Å². The van der Waals surface area contributed by atoms with E-state index in [1.54, 1.807) is 11.1 Å². The van der Waals surface area contributed by atoms with Crippen molar-refractivity contribution in [1.29, 1.82) is 0 Å². The van der Waals surface area contributed by atoms with Crippen molar-refractivity contribution in [1.82, 2.24) is 0 Å². The van der Waals surface area contributed by atoms with Crippen molar-refractivity contribution in [3.05, 3.63) is 35.4 Å². The van der Waals surface area contributed by atoms with Crippen LogP contribution < -0.4 is 5.73 Å². The van der Waals surface area contributed by atoms with Crippen LogP contribution in [-0.2, 0) is 11.8 Å². The molecule has 1 aromatic rings. The summed E-state index contributed by atoms with van der Waals surface area (Å²) in [6.07, 6.45) is 7.70. The maximum absolute atomic E-state index is 6.01. The van der Waals surface area contributed by atoms with Crippen LogP contribution in [0.5, 0.6) is 0 Å². The number of hydrogen-bond acceptors (Lipinski definition) is 1. The first-order chi connectivity index (χ1) is 7.30. The summed E-state index contributed by atoms with van der Waals surface area (Å²) in [5, 5.41) is 0. The molecule has 3 rings (SSSR count). The van der Waals surface area contributed by atoms with Gasteiger partial charge in [0.05, 0.1) is 0 Å². The molecule has 1 fully saturated rings. The highest BCUT2D eigenvalue weighted by molar-refractivity contribution is 5.39. The third-order valence-corrected chi connectivity index (χ3v) is 4.45. The van der Waals surface area contributed by atoms with E-state index < -0.39 is 0 Å². The van der Waals surface area contributed by atoms with Crippen molar-refractivity contribution in [2.24, 2.45) is 5.73 Å². The van der Waals surface area contributed by atoms with Gasteiger partial charge in [-0.25, -0.2) is 0 Å². The second kappa shape index (κ2) is 3.34. The molecule has 1 nitrogen and oxygen atoms in total. The van der Waals surface area contributed by atoms with Gasteiger partial charge >= 0.3 is 0 Å². The Morgan fingerprint density at radius 3 is 2.60 bits per heavy atom. The molecule has 1 spiro atoms. The van der Waals surface area contributed by atoms with E-state index in [9.17, 15) is 0 Å². The van der Waals surface area contributed by atoms with Crippen LogP contribution in [0.1, 0.15) is 43.2 Å². The Kier molecular flexibility index (Phi) is 2.10. The van der Waals surface area contributed by atoms with E-state index in [2.05, 4.69) is 24.3 Å². The fraction of sp³-hybridized carbons (Fsp3) is 0.571. The van der Waals surface area contributed by atoms with Gasteiger partial charge < -0.3 is 5.73 Å². The van der Waals surface area contributed by atoms with Gasteiger partial charge in [-0.1, -0.05) is 24.3 Å². The highest BCUT2D eigenvalue weighted by atomic mass is 14.6. The monoisotopic (exact) mass is 201 g/mol. The Morgan fingerprint density at radius 2 is 1.80 bits per heavy atom. The summed E-state index contributed by atoms with van der Waals surface area (Å²) in [5.41, 5.74) is 9.74. The molecule has 2 N–H and O–H groups in total. The topological polar surface area (TPSA) is 26.0 Å². The van der Waals surface area contributed by atoms with Gasteiger partial charge in [0.25, 0.3) is 0 Å². The van der Waals surface area contributed by atoms with Gasteiger partial charge in [0, 0.05) is 6.04 Å². The van der Waals surface area contributed by atoms with Crippen molar-refractivity contribution in [3.8, 4) is 0 Å². The Bertz CT molecular complexity index is 361. The second-order valence-electron chi connectivity index (χ2n) is 5.27. The molecule has 0 aliphatic heterocycles. The molecule has 1 heteroatoms. The molecule has 0 unspecified atom stereocenters. The van der Waals surface area contributed by atoms with E-state index in [1.807, 2.05) is 0 Å². The van der Waals surface area contributed by atoms with E-state index in [-0.39, 0.29) is 0 Å². The highest BCUT2D eigenvalue weighted by Gasteiger charge is 2.40. The Hall–Kier alpha value is -0.820. The summed E-state index contributed by atoms with van der Waals surface area (Å²) in [6.45, 7) is 0. The average molecular weight is 201 g/mol. The minimum Gasteiger partial charge on any atom is -0.328 e. The van der Waals surface area contributed by atoms with Gasteiger partial charge in [0.1, 0.15) is 0 Å². The van der Waals surface area contributed by atoms with Crippen LogP contribution in [0.15, 0.2) is 24.3 Å². The molecule has 1 aromatic carbocycles. The standard InChI is InChI=1S/C14H19N/c15-12-6-9-14(10-7-12)8-5-11-3-1-2-4-13(11)14/h1-4,12H,5-10,15H2. The van der Waals surface area contributed by atoms with Gasteiger partial charge in [-0.3, -0.25) is 0 Å². The van der Waals surface area contributed by atoms with Gasteiger partial charge in [0.2, 0.25) is 0 Å². The number of nitrogens with two attached hydrogens (primary N) is 1. The lowest BCUT2D eigenvalue weighted by atomic mass is 9.69. The molecule has 80 valence electrons. The van der Waals surface area contributed by atoms with Crippen molar-refractivity contribution in [2.75, 3.05) is 0 Å². The molecule has 0 atom stereocenters. The number of aryl methyl sites for hydroxylation is 1. The highest BCUT2D eigenvalue weighted by Crippen LogP contribution is 2.48. The van der Waals surface area contributed by atoms with Crippen LogP contribution in [0, 0.1) is 0 Å². The van der Waals surface area contributed by atoms with Gasteiger partial charge in [-0.05, 0) is 55.1 Å². The minimum absolute atomic E-state index is 0.461. The number of hydrogen-bond donors (Lipinski definition) is 1. The van der Waals surface area contributed by atoms with E-state index in [1.165, 1.54) is 38.5 Å². The zero-order valence-corrected chi connectivity index (χ0v) is 9.21. The quantitative estimate of drug-likeness (QED) is 0.686. The summed E-state index contributed by atoms with van der Waals surface area (Å²) in [6, 6.07) is 9.48. The average Bonchev–Trinajstić information content (AvgIpc) is 2.63. The van der Waals surface area contributed by atoms with Crippen LogP contribution in [0.4, 0.5) is 0 Å². The first kappa shape index (κ1) is 9.41. The summed E-state index contributed by atoms with van der Waals surface area (Å²) < 4.78 is 0. The van der Waals surface area contributed by atoms with E-state index in [0.717, 1.165) is 0 Å². The first-order valence-electron chi connectivity index (χ1n) is 6.14. The molecule has 0 radical (unpaired) electrons. The molecule has 0 saturated heterocycles. The molecule has 0 heterocycles. The summed E-state index contributed by atoms with van der Waals surface area (Å²) in [7, 11) is 0. The zero-order valence-electron chi connectivity index (χ0n) is 9.21. The molecule has 1 saturated carbocycles. The third kappa shape index (κ3) is 1.41. The lowest BCUT2D eigenvalue weighted by Crippen LogP contribution is -2.35. The minimum atomic E-state index is 0.461. The summed E-state index contributed by atoms with van der Waals surface area (Å²) >= 11 is 0. The molecular formula is C14H19N. The van der Waals surface area contributed by atoms with Crippen molar-refractivity contribution in [2.45, 2.75) is 50.0 Å². The van der Waals surface area contributed by atoms with E-state index >= 15 is 0 Å². The Labute approximate surface area is 91.7 Å². The molecule has 15 heavy (non-hydrogen) atoms. The Morgan fingerprint density at radius 1 is 1.07 bits per heavy atom. The normalized spacial score (nSPS) is 34.3. The number of benzene rings is 1. The van der Waals surface area contributed by atoms with Crippen molar-refractivity contribution < 1.29 is 0 Å². The summed E-state index contributed by atoms with van der Waals surface area (Å²) in [5.74, 6) is 0. The van der Waals surface area contributed by atoms with Crippen LogP contribution in [0.25, 0.3) is 0 Å². The molecule has 0 bridgehead atoms. The SMILES string of the molecule is NC1CCC2(CCc3ccccc32)CC1. The van der Waals surface area contributed by atoms with Crippen LogP contribution in [0.3, 0.4) is 0 Å². The van der Waals surface area contributed by atoms with E-state index in [0.29, 0.717) is 11.5 Å². The predicted molar refractivity (Wildman–Crippen MR) is 62.9 cm³/mol. The van der Waals surface area contributed by atoms with Crippen LogP contribution >= 0.6 is 0 Å². The lowest BCUT2D eigenvalue weighted by molar-refractivity contribution is 0.269. The van der Waals surface area contributed by atoms with Crippen LogP contribution in [0.2, 0.25) is 0 Å². The maximum atomic E-state index is 6.01. The largest absolute Gasteiger partial charge is 0.328 e. The molecule has 0 amide bonds. The summed E-state index contributed by atoms with van der Waals surface area (Å²) in [4.78, 5) is 0.